The van der Waals surface area contributed by atoms with Gasteiger partial charge in [0.25, 0.3) is 0 Å². The van der Waals surface area contributed by atoms with Crippen molar-refractivity contribution in [1.82, 2.24) is 10.6 Å². The monoisotopic (exact) mass is 1140 g/mol. The minimum atomic E-state index is -5.77. The molecule has 0 spiro atoms. The first kappa shape index (κ1) is 61.0. The number of hydrogen-bond acceptors (Lipinski definition) is 8. The number of carbonyl (C=O) groups excluding carboxylic acids is 4. The number of nitrogens with two attached hydrogens (primary N) is 2. The summed E-state index contributed by atoms with van der Waals surface area (Å²) in [6, 6.07) is 20.9. The van der Waals surface area contributed by atoms with Gasteiger partial charge in [0.05, 0.1) is 0 Å². The Kier molecular flexibility index (Phi) is 31.6. The molecule has 349 valence electrons. The second-order valence-corrected chi connectivity index (χ2v) is 27.8. The van der Waals surface area contributed by atoms with Crippen molar-refractivity contribution in [3.63, 3.8) is 0 Å². The van der Waals surface area contributed by atoms with Gasteiger partial charge in [0.1, 0.15) is 11.2 Å². The molecule has 0 aliphatic carbocycles. The van der Waals surface area contributed by atoms with Crippen LogP contribution in [0.2, 0.25) is 0 Å². The number of halogens is 8. The Hall–Kier alpha value is -2.14. The standard InChI is InChI=1S/C24H40N2O4.C14H24N2.C4F6O2.2HI.V/c1-8-12-19(25-21(27)29-23(2,3)4)15-16-20(17-18-13-10-9-11-14-18)26-22(28)30-24(5,6)7;1-2-6-13(15)9-10-14(16)11-12-7-4-3-5-8-12;5-3(6,7)1(11)2(12)4(8,9)10;;;/h9-11,13-14,19-20H,8,12,15-17H2,1-7H3,(H,25,27)(H,26,28);3-5,7-8,13-14H,2,6,9-11,15-16H2,1H3;;2*1H;/q;;;;;+2/p-2/t19-,20+;13-,14+;;;;/m00..../s1. The van der Waals surface area contributed by atoms with E-state index in [1.54, 1.807) is 0 Å². The molecule has 0 saturated carbocycles. The van der Waals surface area contributed by atoms with E-state index in [9.17, 15) is 45.5 Å². The first-order chi connectivity index (χ1) is 28.1. The third kappa shape index (κ3) is 35.0. The molecule has 2 amide bonds. The summed E-state index contributed by atoms with van der Waals surface area (Å²) in [6.45, 7) is 15.3. The molecular formula is C42H64F6I2N4O6V. The number of ether oxygens (including phenoxy) is 2. The zero-order chi connectivity index (χ0) is 47.5. The number of benzene rings is 2. The summed E-state index contributed by atoms with van der Waals surface area (Å²) in [7, 11) is 0.628. The molecule has 6 N–H and O–H groups in total. The van der Waals surface area contributed by atoms with Gasteiger partial charge in [-0.15, -0.1) is 0 Å². The van der Waals surface area contributed by atoms with Crippen molar-refractivity contribution in [1.29, 1.82) is 0 Å². The van der Waals surface area contributed by atoms with E-state index in [0.717, 1.165) is 56.9 Å². The molecule has 0 fully saturated rings. The summed E-state index contributed by atoms with van der Waals surface area (Å²) in [5.74, 6) is -6.81. The Morgan fingerprint density at radius 2 is 0.918 bits per heavy atom. The van der Waals surface area contributed by atoms with Gasteiger partial charge in [-0.1, -0.05) is 87.4 Å². The third-order valence-electron chi connectivity index (χ3n) is 7.90. The van der Waals surface area contributed by atoms with Crippen molar-refractivity contribution in [2.75, 3.05) is 0 Å². The molecule has 19 heteroatoms. The average Bonchev–Trinajstić information content (AvgIpc) is 3.12. The molecule has 0 aromatic heterocycles. The van der Waals surface area contributed by atoms with Crippen LogP contribution < -0.4 is 22.1 Å². The molecule has 2 aromatic rings. The predicted octanol–water partition coefficient (Wildman–Crippen LogP) is 11.1. The molecule has 0 heterocycles. The van der Waals surface area contributed by atoms with Crippen molar-refractivity contribution in [2.24, 2.45) is 11.5 Å². The summed E-state index contributed by atoms with van der Waals surface area (Å²) in [5.41, 5.74) is 13.4. The third-order valence-corrected chi connectivity index (χ3v) is 7.90. The van der Waals surface area contributed by atoms with Crippen molar-refractivity contribution in [3.05, 3.63) is 71.8 Å². The Morgan fingerprint density at radius 1 is 0.574 bits per heavy atom. The number of nitrogens with one attached hydrogen (secondary N) is 2. The van der Waals surface area contributed by atoms with Crippen molar-refractivity contribution in [2.45, 2.75) is 167 Å². The van der Waals surface area contributed by atoms with Crippen LogP contribution in [0.25, 0.3) is 0 Å². The molecule has 61 heavy (non-hydrogen) atoms. The van der Waals surface area contributed by atoms with Crippen LogP contribution in [-0.4, -0.2) is 71.5 Å². The molecule has 4 atom stereocenters. The molecule has 2 aromatic carbocycles. The number of hydrogen-bond donors (Lipinski definition) is 4. The van der Waals surface area contributed by atoms with Gasteiger partial charge >= 0.3 is 85.5 Å². The topological polar surface area (TPSA) is 163 Å². The Labute approximate surface area is 386 Å². The van der Waals surface area contributed by atoms with E-state index >= 15 is 0 Å². The number of amides is 2. The Bertz CT molecular complexity index is 1490. The fourth-order valence-electron chi connectivity index (χ4n) is 5.33. The van der Waals surface area contributed by atoms with Crippen LogP contribution in [0.4, 0.5) is 35.9 Å². The number of rotatable bonds is 17. The zero-order valence-electron chi connectivity index (χ0n) is 36.2. The molecule has 0 aliphatic heterocycles. The van der Waals surface area contributed by atoms with Gasteiger partial charge in [0, 0.05) is 24.2 Å². The first-order valence-corrected chi connectivity index (χ1v) is 28.8. The normalized spacial score (nSPS) is 13.4. The van der Waals surface area contributed by atoms with Crippen LogP contribution in [-0.2, 0) is 41.4 Å². The van der Waals surface area contributed by atoms with E-state index in [0.29, 0.717) is 28.3 Å². The summed E-state index contributed by atoms with van der Waals surface area (Å²) in [5, 5.41) is 5.99. The van der Waals surface area contributed by atoms with Crippen LogP contribution in [0.3, 0.4) is 0 Å². The summed E-state index contributed by atoms with van der Waals surface area (Å²) in [6.07, 6.45) is -3.12. The predicted molar refractivity (Wildman–Crippen MR) is 241 cm³/mol. The van der Waals surface area contributed by atoms with Gasteiger partial charge in [-0.2, -0.15) is 26.3 Å². The number of carbonyl (C=O) groups is 4. The van der Waals surface area contributed by atoms with Gasteiger partial charge in [-0.05, 0) is 104 Å². The van der Waals surface area contributed by atoms with Crippen LogP contribution in [0.15, 0.2) is 60.7 Å². The van der Waals surface area contributed by atoms with Gasteiger partial charge < -0.3 is 31.6 Å². The van der Waals surface area contributed by atoms with E-state index in [4.69, 9.17) is 20.9 Å². The van der Waals surface area contributed by atoms with Gasteiger partial charge in [0.2, 0.25) is 0 Å². The maximum atomic E-state index is 12.3. The van der Waals surface area contributed by atoms with E-state index < -0.39 is 47.3 Å². The minimum absolute atomic E-state index is 0.0106. The van der Waals surface area contributed by atoms with E-state index in [2.05, 4.69) is 88.7 Å². The Balaban J connectivity index is 0. The SMILES string of the molecule is CCC[C@@H](CC[C@H](Cc1ccccc1)NC(=O)OC(C)(C)C)NC(=O)OC(C)(C)C.CCC[C@H](N)CC[C@@H](N)Cc1ccccc1.O=C(C(=O)C(F)(F)F)C(F)(F)F.[I][V][I]. The molecular weight excluding hydrogens is 1080 g/mol. The summed E-state index contributed by atoms with van der Waals surface area (Å²) >= 11 is 4.74. The van der Waals surface area contributed by atoms with Crippen molar-refractivity contribution < 1.29 is 64.5 Å². The van der Waals surface area contributed by atoms with E-state index in [1.165, 1.54) is 5.56 Å². The van der Waals surface area contributed by atoms with Crippen LogP contribution in [0, 0.1) is 0 Å². The van der Waals surface area contributed by atoms with Crippen LogP contribution in [0.5, 0.6) is 0 Å². The second kappa shape index (κ2) is 31.7. The maximum absolute atomic E-state index is 12.3. The Morgan fingerprint density at radius 3 is 1.28 bits per heavy atom. The van der Waals surface area contributed by atoms with Gasteiger partial charge in [-0.25, -0.2) is 9.59 Å². The molecule has 0 saturated heterocycles. The summed E-state index contributed by atoms with van der Waals surface area (Å²) < 4.78 is 77.8. The molecule has 0 unspecified atom stereocenters. The van der Waals surface area contributed by atoms with Crippen molar-refractivity contribution in [3.8, 4) is 0 Å². The van der Waals surface area contributed by atoms with E-state index in [1.807, 2.05) is 77.9 Å². The first-order valence-electron chi connectivity index (χ1n) is 19.8. The molecule has 2 rings (SSSR count). The molecule has 10 nitrogen and oxygen atoms in total. The summed E-state index contributed by atoms with van der Waals surface area (Å²) in [4.78, 5) is 43.8. The van der Waals surface area contributed by atoms with Gasteiger partial charge in [0.15, 0.2) is 0 Å². The molecule has 0 aliphatic rings. The number of alkyl carbamates (subject to hydrolysis) is 2. The van der Waals surface area contributed by atoms with Crippen LogP contribution in [0.1, 0.15) is 118 Å². The molecule has 0 radical (unpaired) electrons. The van der Waals surface area contributed by atoms with Gasteiger partial charge in [-0.3, -0.25) is 9.59 Å². The fraction of sp³-hybridized carbons (Fsp3) is 0.619. The molecule has 0 bridgehead atoms. The van der Waals surface area contributed by atoms with E-state index in [-0.39, 0.29) is 18.1 Å². The van der Waals surface area contributed by atoms with Crippen molar-refractivity contribution >= 4 is 63.7 Å². The quantitative estimate of drug-likeness (QED) is 0.0691. The number of ketones is 2. The number of Topliss-reactive ketones (excluding diaryl/α,β-unsaturated/α-hetero) is 2. The van der Waals surface area contributed by atoms with Crippen LogP contribution >= 0.6 is 40.0 Å². The number of alkyl halides is 6. The average molecular weight is 1140 g/mol. The second-order valence-electron chi connectivity index (χ2n) is 16.0. The zero-order valence-corrected chi connectivity index (χ0v) is 41.9. The fourth-order valence-corrected chi connectivity index (χ4v) is 5.33.